The minimum atomic E-state index is -5.76. The van der Waals surface area contributed by atoms with Crippen LogP contribution >= 0.6 is 11.6 Å². The first-order valence-corrected chi connectivity index (χ1v) is 8.96. The van der Waals surface area contributed by atoms with E-state index in [1.165, 1.54) is 19.2 Å². The number of carbonyl (C=O) groups excluding carboxylic acids is 1. The van der Waals surface area contributed by atoms with Crippen LogP contribution in [0.4, 0.5) is 13.2 Å². The number of amides is 1. The second kappa shape index (κ2) is 7.97. The summed E-state index contributed by atoms with van der Waals surface area (Å²) < 4.78 is 63.3. The summed E-state index contributed by atoms with van der Waals surface area (Å²) >= 11 is 5.84. The van der Waals surface area contributed by atoms with Crippen LogP contribution in [-0.4, -0.2) is 38.1 Å². The van der Waals surface area contributed by atoms with Crippen LogP contribution in [-0.2, 0) is 14.9 Å². The molecule has 144 valence electrons. The highest BCUT2D eigenvalue weighted by Gasteiger charge is 2.48. The van der Waals surface area contributed by atoms with Gasteiger partial charge < -0.3 is 4.18 Å². The van der Waals surface area contributed by atoms with Gasteiger partial charge in [-0.3, -0.25) is 4.79 Å². The van der Waals surface area contributed by atoms with Crippen LogP contribution in [0.25, 0.3) is 0 Å². The molecule has 1 amide bonds. The molecule has 0 aliphatic rings. The minimum Gasteiger partial charge on any atom is -0.376 e. The lowest BCUT2D eigenvalue weighted by Crippen LogP contribution is -2.28. The first kappa shape index (κ1) is 20.7. The zero-order chi connectivity index (χ0) is 20.2. The highest BCUT2D eigenvalue weighted by atomic mass is 35.5. The van der Waals surface area contributed by atoms with Gasteiger partial charge in [0.15, 0.2) is 0 Å². The molecule has 2 aromatic rings. The number of benzene rings is 2. The Kier molecular flexibility index (Phi) is 6.11. The van der Waals surface area contributed by atoms with Gasteiger partial charge in [-0.1, -0.05) is 23.7 Å². The summed E-state index contributed by atoms with van der Waals surface area (Å²) in [5, 5.41) is 5.59. The van der Waals surface area contributed by atoms with Crippen molar-refractivity contribution in [2.45, 2.75) is 5.51 Å². The largest absolute Gasteiger partial charge is 0.534 e. The second-order valence-corrected chi connectivity index (χ2v) is 7.12. The fraction of sp³-hybridized carbons (Fsp3) is 0.125. The number of carbonyl (C=O) groups is 1. The van der Waals surface area contributed by atoms with Crippen LogP contribution in [0.1, 0.15) is 11.1 Å². The summed E-state index contributed by atoms with van der Waals surface area (Å²) in [5.74, 6) is -0.518. The Morgan fingerprint density at radius 3 is 2.00 bits per heavy atom. The lowest BCUT2D eigenvalue weighted by Gasteiger charge is -2.12. The Morgan fingerprint density at radius 1 is 1.07 bits per heavy atom. The first-order chi connectivity index (χ1) is 12.5. The summed E-state index contributed by atoms with van der Waals surface area (Å²) in [6.07, 6.45) is 0.462. The fourth-order valence-electron chi connectivity index (χ4n) is 1.91. The van der Waals surface area contributed by atoms with E-state index in [0.717, 1.165) is 17.1 Å². The monoisotopic (exact) mass is 420 g/mol. The number of hydrogen-bond acceptors (Lipinski definition) is 5. The number of rotatable bonds is 6. The van der Waals surface area contributed by atoms with Crippen molar-refractivity contribution in [1.82, 2.24) is 5.01 Å². The van der Waals surface area contributed by atoms with Crippen molar-refractivity contribution in [2.75, 3.05) is 7.05 Å². The van der Waals surface area contributed by atoms with Gasteiger partial charge in [0.05, 0.1) is 5.71 Å². The van der Waals surface area contributed by atoms with Gasteiger partial charge in [0.2, 0.25) is 6.41 Å². The molecule has 0 saturated heterocycles. The quantitative estimate of drug-likeness (QED) is 0.236. The van der Waals surface area contributed by atoms with E-state index in [2.05, 4.69) is 9.28 Å². The van der Waals surface area contributed by atoms with E-state index >= 15 is 0 Å². The molecular formula is C16H12ClF3N2O4S. The number of hydrogen-bond donors (Lipinski definition) is 0. The molecule has 6 nitrogen and oxygen atoms in total. The zero-order valence-electron chi connectivity index (χ0n) is 13.6. The van der Waals surface area contributed by atoms with E-state index in [1.54, 1.807) is 24.3 Å². The maximum Gasteiger partial charge on any atom is 0.534 e. The van der Waals surface area contributed by atoms with E-state index in [1.807, 2.05) is 0 Å². The van der Waals surface area contributed by atoms with Gasteiger partial charge in [-0.25, -0.2) is 5.01 Å². The third kappa shape index (κ3) is 5.20. The molecule has 0 fully saturated rings. The van der Waals surface area contributed by atoms with Crippen LogP contribution in [0.5, 0.6) is 5.75 Å². The lowest BCUT2D eigenvalue weighted by atomic mass is 10.0. The van der Waals surface area contributed by atoms with E-state index in [9.17, 15) is 26.4 Å². The number of hydrazone groups is 1. The average Bonchev–Trinajstić information content (AvgIpc) is 2.60. The van der Waals surface area contributed by atoms with Gasteiger partial charge in [0.1, 0.15) is 5.75 Å². The SMILES string of the molecule is CN(C=O)/N=C(/c1ccc(Cl)cc1)c1ccc(OS(=O)(=O)C(F)(F)F)cc1. The molecule has 0 unspecified atom stereocenters. The lowest BCUT2D eigenvalue weighted by molar-refractivity contribution is -0.117. The third-order valence-corrected chi connectivity index (χ3v) is 4.38. The molecule has 11 heteroatoms. The van der Waals surface area contributed by atoms with Gasteiger partial charge in [-0.15, -0.1) is 0 Å². The van der Waals surface area contributed by atoms with Crippen molar-refractivity contribution >= 4 is 33.8 Å². The average molecular weight is 421 g/mol. The van der Waals surface area contributed by atoms with Crippen LogP contribution in [0.3, 0.4) is 0 Å². The highest BCUT2D eigenvalue weighted by molar-refractivity contribution is 7.88. The van der Waals surface area contributed by atoms with Gasteiger partial charge in [0.25, 0.3) is 0 Å². The van der Waals surface area contributed by atoms with Gasteiger partial charge in [-0.05, 0) is 36.4 Å². The molecular weight excluding hydrogens is 409 g/mol. The van der Waals surface area contributed by atoms with Gasteiger partial charge in [-0.2, -0.15) is 26.7 Å². The molecule has 0 radical (unpaired) electrons. The summed E-state index contributed by atoms with van der Waals surface area (Å²) in [7, 11) is -4.36. The first-order valence-electron chi connectivity index (χ1n) is 7.17. The van der Waals surface area contributed by atoms with Crippen molar-refractivity contribution in [3.8, 4) is 5.75 Å². The zero-order valence-corrected chi connectivity index (χ0v) is 15.2. The van der Waals surface area contributed by atoms with Crippen LogP contribution in [0.2, 0.25) is 5.02 Å². The maximum atomic E-state index is 12.4. The fourth-order valence-corrected chi connectivity index (χ4v) is 2.50. The molecule has 0 atom stereocenters. The number of nitrogens with zero attached hydrogens (tertiary/aromatic N) is 2. The van der Waals surface area contributed by atoms with Crippen LogP contribution < -0.4 is 4.18 Å². The Morgan fingerprint density at radius 2 is 1.56 bits per heavy atom. The van der Waals surface area contributed by atoms with Crippen molar-refractivity contribution in [3.05, 3.63) is 64.7 Å². The van der Waals surface area contributed by atoms with E-state index < -0.39 is 21.4 Å². The normalized spacial score (nSPS) is 12.6. The predicted molar refractivity (Wildman–Crippen MR) is 93.0 cm³/mol. The van der Waals surface area contributed by atoms with Crippen molar-refractivity contribution in [3.63, 3.8) is 0 Å². The minimum absolute atomic E-state index is 0.312. The molecule has 0 N–H and O–H groups in total. The molecule has 0 aliphatic carbocycles. The molecule has 0 saturated carbocycles. The van der Waals surface area contributed by atoms with Gasteiger partial charge >= 0.3 is 15.6 Å². The predicted octanol–water partition coefficient (Wildman–Crippen LogP) is 3.41. The molecule has 0 spiro atoms. The van der Waals surface area contributed by atoms with E-state index in [4.69, 9.17) is 11.6 Å². The molecule has 27 heavy (non-hydrogen) atoms. The molecule has 2 rings (SSSR count). The van der Waals surface area contributed by atoms with Crippen LogP contribution in [0.15, 0.2) is 53.6 Å². The van der Waals surface area contributed by atoms with E-state index in [-0.39, 0.29) is 0 Å². The second-order valence-electron chi connectivity index (χ2n) is 5.14. The van der Waals surface area contributed by atoms with Gasteiger partial charge in [0, 0.05) is 23.2 Å². The molecule has 2 aromatic carbocycles. The van der Waals surface area contributed by atoms with Crippen molar-refractivity contribution in [2.24, 2.45) is 5.10 Å². The van der Waals surface area contributed by atoms with Crippen molar-refractivity contribution < 1.29 is 30.6 Å². The molecule has 0 aliphatic heterocycles. The summed E-state index contributed by atoms with van der Waals surface area (Å²) in [6, 6.07) is 11.2. The Labute approximate surface area is 157 Å². The summed E-state index contributed by atoms with van der Waals surface area (Å²) in [6.45, 7) is 0. The van der Waals surface area contributed by atoms with E-state index in [0.29, 0.717) is 28.3 Å². The Bertz CT molecular complexity index is 943. The Hall–Kier alpha value is -2.59. The summed E-state index contributed by atoms with van der Waals surface area (Å²) in [4.78, 5) is 10.9. The topological polar surface area (TPSA) is 76.0 Å². The standard InChI is InChI=1S/C16H12ClF3N2O4S/c1-22(10-23)21-15(11-2-6-13(17)7-3-11)12-4-8-14(9-5-12)26-27(24,25)16(18,19)20/h2-10H,1H3/b21-15-. The Balaban J connectivity index is 2.39. The highest BCUT2D eigenvalue weighted by Crippen LogP contribution is 2.27. The maximum absolute atomic E-state index is 12.4. The third-order valence-electron chi connectivity index (χ3n) is 3.15. The van der Waals surface area contributed by atoms with Crippen LogP contribution in [0, 0.1) is 0 Å². The molecule has 0 bridgehead atoms. The van der Waals surface area contributed by atoms with Crippen molar-refractivity contribution in [1.29, 1.82) is 0 Å². The number of halogens is 4. The smallest absolute Gasteiger partial charge is 0.376 e. The summed E-state index contributed by atoms with van der Waals surface area (Å²) in [5.41, 5.74) is -4.24. The number of alkyl halides is 3. The molecule has 0 heterocycles. The molecule has 0 aromatic heterocycles.